The van der Waals surface area contributed by atoms with Crippen LogP contribution in [-0.2, 0) is 0 Å². The van der Waals surface area contributed by atoms with Crippen LogP contribution in [0.25, 0.3) is 0 Å². The quantitative estimate of drug-likeness (QED) is 0.611. The molecule has 1 rings (SSSR count). The lowest BCUT2D eigenvalue weighted by molar-refractivity contribution is 0.241. The molecular formula is C12H26N2S. The summed E-state index contributed by atoms with van der Waals surface area (Å²) in [6.07, 6.45) is 7.67. The fourth-order valence-corrected chi connectivity index (χ4v) is 2.29. The molecule has 0 aliphatic heterocycles. The van der Waals surface area contributed by atoms with Crippen LogP contribution in [0.3, 0.4) is 0 Å². The van der Waals surface area contributed by atoms with Crippen molar-refractivity contribution in [2.45, 2.75) is 44.7 Å². The number of nitrogens with one attached hydrogen (secondary N) is 1. The van der Waals surface area contributed by atoms with Gasteiger partial charge in [-0.15, -0.1) is 0 Å². The van der Waals surface area contributed by atoms with Crippen molar-refractivity contribution in [3.63, 3.8) is 0 Å². The second kappa shape index (κ2) is 7.53. The number of rotatable bonds is 9. The minimum Gasteiger partial charge on any atom is -0.315 e. The molecule has 0 aromatic carbocycles. The molecule has 0 radical (unpaired) electrons. The minimum atomic E-state index is 0.693. The maximum atomic E-state index is 3.56. The van der Waals surface area contributed by atoms with E-state index >= 15 is 0 Å². The van der Waals surface area contributed by atoms with Crippen LogP contribution >= 0.6 is 11.8 Å². The Bertz CT molecular complexity index is 160. The predicted octanol–water partition coefficient (Wildman–Crippen LogP) is 2.20. The average molecular weight is 230 g/mol. The molecule has 1 unspecified atom stereocenters. The van der Waals surface area contributed by atoms with Gasteiger partial charge in [-0.05, 0) is 58.2 Å². The second-order valence-electron chi connectivity index (χ2n) is 4.65. The van der Waals surface area contributed by atoms with Gasteiger partial charge in [-0.3, -0.25) is 4.90 Å². The van der Waals surface area contributed by atoms with Gasteiger partial charge in [0.2, 0.25) is 0 Å². The molecule has 15 heavy (non-hydrogen) atoms. The van der Waals surface area contributed by atoms with Crippen molar-refractivity contribution in [1.29, 1.82) is 0 Å². The van der Waals surface area contributed by atoms with E-state index in [1.807, 2.05) is 11.8 Å². The van der Waals surface area contributed by atoms with Crippen molar-refractivity contribution in [2.75, 3.05) is 32.1 Å². The van der Waals surface area contributed by atoms with Crippen molar-refractivity contribution in [3.05, 3.63) is 0 Å². The Morgan fingerprint density at radius 1 is 1.40 bits per heavy atom. The third-order valence-corrected chi connectivity index (χ3v) is 3.91. The summed E-state index contributed by atoms with van der Waals surface area (Å²) < 4.78 is 0. The Balaban J connectivity index is 1.89. The molecule has 0 aromatic rings. The van der Waals surface area contributed by atoms with Crippen LogP contribution in [0.1, 0.15) is 32.6 Å². The van der Waals surface area contributed by atoms with Crippen LogP contribution in [0, 0.1) is 0 Å². The standard InChI is InChI=1S/C12H26N2S/c1-11(14(2)12-6-7-12)10-13-8-4-5-9-15-3/h11-13H,4-10H2,1-3H3. The molecule has 3 heteroatoms. The maximum Gasteiger partial charge on any atom is 0.0192 e. The molecule has 0 aromatic heterocycles. The van der Waals surface area contributed by atoms with E-state index in [4.69, 9.17) is 0 Å². The molecular weight excluding hydrogens is 204 g/mol. The molecule has 1 atom stereocenters. The van der Waals surface area contributed by atoms with Crippen LogP contribution in [-0.4, -0.2) is 49.1 Å². The van der Waals surface area contributed by atoms with Crippen molar-refractivity contribution >= 4 is 11.8 Å². The maximum absolute atomic E-state index is 3.56. The van der Waals surface area contributed by atoms with Crippen LogP contribution in [0.4, 0.5) is 0 Å². The molecule has 1 N–H and O–H groups in total. The lowest BCUT2D eigenvalue weighted by Gasteiger charge is -2.24. The topological polar surface area (TPSA) is 15.3 Å². The molecule has 0 heterocycles. The number of hydrogen-bond donors (Lipinski definition) is 1. The zero-order valence-corrected chi connectivity index (χ0v) is 11.3. The van der Waals surface area contributed by atoms with Gasteiger partial charge in [0, 0.05) is 18.6 Å². The van der Waals surface area contributed by atoms with Gasteiger partial charge in [0.05, 0.1) is 0 Å². The fraction of sp³-hybridized carbons (Fsp3) is 1.00. The molecule has 1 saturated carbocycles. The third kappa shape index (κ3) is 5.79. The van der Waals surface area contributed by atoms with Gasteiger partial charge < -0.3 is 5.32 Å². The Morgan fingerprint density at radius 2 is 2.13 bits per heavy atom. The summed E-state index contributed by atoms with van der Waals surface area (Å²) in [6, 6.07) is 1.58. The van der Waals surface area contributed by atoms with E-state index in [0.29, 0.717) is 6.04 Å². The highest BCUT2D eigenvalue weighted by Crippen LogP contribution is 2.26. The molecule has 0 amide bonds. The van der Waals surface area contributed by atoms with Crippen molar-refractivity contribution in [3.8, 4) is 0 Å². The van der Waals surface area contributed by atoms with E-state index in [-0.39, 0.29) is 0 Å². The summed E-state index contributed by atoms with van der Waals surface area (Å²) in [5.41, 5.74) is 0. The SMILES string of the molecule is CSCCCCNCC(C)N(C)C1CC1. The number of nitrogens with zero attached hydrogens (tertiary/aromatic N) is 1. The second-order valence-corrected chi connectivity index (χ2v) is 5.64. The molecule has 0 saturated heterocycles. The summed E-state index contributed by atoms with van der Waals surface area (Å²) in [7, 11) is 2.26. The van der Waals surface area contributed by atoms with E-state index in [0.717, 1.165) is 12.6 Å². The van der Waals surface area contributed by atoms with Crippen molar-refractivity contribution in [2.24, 2.45) is 0 Å². The zero-order valence-electron chi connectivity index (χ0n) is 10.5. The summed E-state index contributed by atoms with van der Waals surface area (Å²) in [6.45, 7) is 4.66. The molecule has 0 bridgehead atoms. The average Bonchev–Trinajstić information content (AvgIpc) is 3.05. The number of hydrogen-bond acceptors (Lipinski definition) is 3. The number of likely N-dealkylation sites (N-methyl/N-ethyl adjacent to an activating group) is 1. The van der Waals surface area contributed by atoms with Crippen LogP contribution in [0.15, 0.2) is 0 Å². The first-order chi connectivity index (χ1) is 7.25. The van der Waals surface area contributed by atoms with E-state index in [9.17, 15) is 0 Å². The summed E-state index contributed by atoms with van der Waals surface area (Å²) >= 11 is 1.95. The van der Waals surface area contributed by atoms with Crippen LogP contribution in [0.5, 0.6) is 0 Å². The van der Waals surface area contributed by atoms with Crippen molar-refractivity contribution < 1.29 is 0 Å². The smallest absolute Gasteiger partial charge is 0.0192 e. The molecule has 90 valence electrons. The monoisotopic (exact) mass is 230 g/mol. The first kappa shape index (κ1) is 13.3. The van der Waals surface area contributed by atoms with E-state index < -0.39 is 0 Å². The molecule has 1 aliphatic carbocycles. The van der Waals surface area contributed by atoms with E-state index in [1.165, 1.54) is 38.0 Å². The fourth-order valence-electron chi connectivity index (χ4n) is 1.79. The predicted molar refractivity (Wildman–Crippen MR) is 70.7 cm³/mol. The highest BCUT2D eigenvalue weighted by atomic mass is 32.2. The normalized spacial score (nSPS) is 18.4. The molecule has 1 aliphatic rings. The Hall–Kier alpha value is 0.270. The Kier molecular flexibility index (Phi) is 6.69. The minimum absolute atomic E-state index is 0.693. The molecule has 2 nitrogen and oxygen atoms in total. The first-order valence-corrected chi connectivity index (χ1v) is 7.56. The van der Waals surface area contributed by atoms with E-state index in [2.05, 4.69) is 30.4 Å². The number of thioether (sulfide) groups is 1. The molecule has 1 fully saturated rings. The Morgan fingerprint density at radius 3 is 2.73 bits per heavy atom. The lowest BCUT2D eigenvalue weighted by Crippen LogP contribution is -2.39. The van der Waals surface area contributed by atoms with Gasteiger partial charge in [0.25, 0.3) is 0 Å². The summed E-state index contributed by atoms with van der Waals surface area (Å²) in [4.78, 5) is 2.52. The summed E-state index contributed by atoms with van der Waals surface area (Å²) in [5.74, 6) is 1.30. The van der Waals surface area contributed by atoms with Crippen LogP contribution in [0.2, 0.25) is 0 Å². The highest BCUT2D eigenvalue weighted by molar-refractivity contribution is 7.98. The van der Waals surface area contributed by atoms with Gasteiger partial charge in [-0.2, -0.15) is 11.8 Å². The third-order valence-electron chi connectivity index (χ3n) is 3.21. The summed E-state index contributed by atoms with van der Waals surface area (Å²) in [5, 5.41) is 3.56. The van der Waals surface area contributed by atoms with Gasteiger partial charge in [-0.25, -0.2) is 0 Å². The zero-order chi connectivity index (χ0) is 11.1. The molecule has 0 spiro atoms. The van der Waals surface area contributed by atoms with Gasteiger partial charge in [0.1, 0.15) is 0 Å². The van der Waals surface area contributed by atoms with Gasteiger partial charge in [0.15, 0.2) is 0 Å². The lowest BCUT2D eigenvalue weighted by atomic mass is 10.2. The van der Waals surface area contributed by atoms with Gasteiger partial charge in [-0.1, -0.05) is 0 Å². The Labute approximate surface area is 99.2 Å². The largest absolute Gasteiger partial charge is 0.315 e. The van der Waals surface area contributed by atoms with Crippen molar-refractivity contribution in [1.82, 2.24) is 10.2 Å². The number of unbranched alkanes of at least 4 members (excludes halogenated alkanes) is 1. The van der Waals surface area contributed by atoms with E-state index in [1.54, 1.807) is 0 Å². The highest BCUT2D eigenvalue weighted by Gasteiger charge is 2.28. The van der Waals surface area contributed by atoms with Gasteiger partial charge >= 0.3 is 0 Å². The van der Waals surface area contributed by atoms with Crippen LogP contribution < -0.4 is 5.32 Å². The first-order valence-electron chi connectivity index (χ1n) is 6.17.